The summed E-state index contributed by atoms with van der Waals surface area (Å²) in [5.74, 6) is 0.137. The molecule has 29 heavy (non-hydrogen) atoms. The highest BCUT2D eigenvalue weighted by atomic mass is 32.1. The number of ether oxygens (including phenoxy) is 1. The zero-order valence-corrected chi connectivity index (χ0v) is 18.0. The van der Waals surface area contributed by atoms with Crippen molar-refractivity contribution in [1.29, 1.82) is 0 Å². The molecule has 0 unspecified atom stereocenters. The van der Waals surface area contributed by atoms with E-state index < -0.39 is 0 Å². The number of amides is 1. The molecule has 2 saturated heterocycles. The van der Waals surface area contributed by atoms with E-state index in [9.17, 15) is 4.79 Å². The van der Waals surface area contributed by atoms with Crippen LogP contribution in [0.15, 0.2) is 42.5 Å². The first kappa shape index (κ1) is 20.7. The van der Waals surface area contributed by atoms with Gasteiger partial charge in [0.15, 0.2) is 0 Å². The van der Waals surface area contributed by atoms with Crippen molar-refractivity contribution < 1.29 is 9.53 Å². The lowest BCUT2D eigenvalue weighted by atomic mass is 10.0. The number of nitrogens with zero attached hydrogens (tertiary/aromatic N) is 2. The highest BCUT2D eigenvalue weighted by Gasteiger charge is 2.33. The van der Waals surface area contributed by atoms with Gasteiger partial charge in [0.1, 0.15) is 0 Å². The van der Waals surface area contributed by atoms with Crippen molar-refractivity contribution in [2.75, 3.05) is 46.4 Å². The van der Waals surface area contributed by atoms with Gasteiger partial charge in [-0.25, -0.2) is 0 Å². The Labute approximate surface area is 178 Å². The van der Waals surface area contributed by atoms with E-state index in [-0.39, 0.29) is 5.91 Å². The van der Waals surface area contributed by atoms with Crippen molar-refractivity contribution in [3.05, 3.63) is 48.0 Å². The molecule has 0 aliphatic carbocycles. The molecule has 4 rings (SSSR count). The highest BCUT2D eigenvalue weighted by molar-refractivity contribution is 7.81. The fourth-order valence-electron chi connectivity index (χ4n) is 4.65. The molecular formula is C23H31N3O2S. The molecule has 1 N–H and O–H groups in total. The Kier molecular flexibility index (Phi) is 6.75. The Hall–Kier alpha value is -1.60. The number of carbonyl (C=O) groups is 1. The van der Waals surface area contributed by atoms with Crippen molar-refractivity contribution in [3.63, 3.8) is 0 Å². The number of benzene rings is 2. The third-order valence-electron chi connectivity index (χ3n) is 6.22. The van der Waals surface area contributed by atoms with E-state index >= 15 is 0 Å². The lowest BCUT2D eigenvalue weighted by Gasteiger charge is -2.42. The molecule has 2 aromatic rings. The predicted molar refractivity (Wildman–Crippen MR) is 121 cm³/mol. The molecule has 6 heteroatoms. The summed E-state index contributed by atoms with van der Waals surface area (Å²) < 4.78 is 5.36. The van der Waals surface area contributed by atoms with Gasteiger partial charge in [-0.3, -0.25) is 9.69 Å². The van der Waals surface area contributed by atoms with E-state index in [1.807, 2.05) is 35.2 Å². The molecule has 2 aliphatic heterocycles. The predicted octanol–water partition coefficient (Wildman–Crippen LogP) is 2.66. The average molecular weight is 414 g/mol. The van der Waals surface area contributed by atoms with Gasteiger partial charge >= 0.3 is 0 Å². The highest BCUT2D eigenvalue weighted by Crippen LogP contribution is 2.23. The Bertz CT molecular complexity index is 840. The van der Waals surface area contributed by atoms with E-state index in [0.717, 1.165) is 61.9 Å². The monoisotopic (exact) mass is 413 g/mol. The van der Waals surface area contributed by atoms with Crippen molar-refractivity contribution in [2.24, 2.45) is 0 Å². The minimum Gasteiger partial charge on any atom is -0.385 e. The molecule has 2 fully saturated rings. The normalized spacial score (nSPS) is 25.6. The van der Waals surface area contributed by atoms with Crippen LogP contribution in [0.1, 0.15) is 23.2 Å². The second kappa shape index (κ2) is 9.47. The van der Waals surface area contributed by atoms with Crippen LogP contribution in [0, 0.1) is 0 Å². The van der Waals surface area contributed by atoms with E-state index in [0.29, 0.717) is 23.9 Å². The maximum absolute atomic E-state index is 13.4. The summed E-state index contributed by atoms with van der Waals surface area (Å²) in [6.07, 6.45) is 2.04. The van der Waals surface area contributed by atoms with E-state index in [4.69, 9.17) is 4.74 Å². The minimum absolute atomic E-state index is 0.137. The van der Waals surface area contributed by atoms with Gasteiger partial charge in [-0.2, -0.15) is 12.6 Å². The molecule has 0 spiro atoms. The molecule has 0 saturated carbocycles. The molecule has 1 amide bonds. The molecule has 2 aromatic carbocycles. The number of hydrogen-bond donors (Lipinski definition) is 2. The molecule has 0 radical (unpaired) electrons. The van der Waals surface area contributed by atoms with Crippen molar-refractivity contribution in [1.82, 2.24) is 15.1 Å². The van der Waals surface area contributed by atoms with Gasteiger partial charge < -0.3 is 15.0 Å². The topological polar surface area (TPSA) is 44.8 Å². The van der Waals surface area contributed by atoms with Crippen LogP contribution in [0.3, 0.4) is 0 Å². The fraction of sp³-hybridized carbons (Fsp3) is 0.522. The molecular weight excluding hydrogens is 382 g/mol. The summed E-state index contributed by atoms with van der Waals surface area (Å²) in [6.45, 7) is 5.13. The van der Waals surface area contributed by atoms with Crippen LogP contribution in [0.5, 0.6) is 0 Å². The van der Waals surface area contributed by atoms with Gasteiger partial charge in [-0.15, -0.1) is 0 Å². The number of hydrogen-bond acceptors (Lipinski definition) is 5. The number of piperazine rings is 1. The molecule has 2 aliphatic rings. The summed E-state index contributed by atoms with van der Waals surface area (Å²) in [5, 5.41) is 6.18. The smallest absolute Gasteiger partial charge is 0.254 e. The number of nitrogens with one attached hydrogen (secondary N) is 1. The van der Waals surface area contributed by atoms with Gasteiger partial charge in [0.05, 0.1) is 0 Å². The van der Waals surface area contributed by atoms with Crippen molar-refractivity contribution >= 4 is 29.3 Å². The first-order chi connectivity index (χ1) is 14.2. The first-order valence-electron chi connectivity index (χ1n) is 10.6. The number of rotatable bonds is 6. The van der Waals surface area contributed by atoms with Gasteiger partial charge in [-0.05, 0) is 29.7 Å². The van der Waals surface area contributed by atoms with E-state index in [2.05, 4.69) is 35.0 Å². The Morgan fingerprint density at radius 3 is 2.83 bits per heavy atom. The van der Waals surface area contributed by atoms with Gasteiger partial charge in [0, 0.05) is 69.3 Å². The third-order valence-corrected chi connectivity index (χ3v) is 6.61. The largest absolute Gasteiger partial charge is 0.385 e. The molecule has 0 aromatic heterocycles. The van der Waals surface area contributed by atoms with Crippen LogP contribution in [-0.2, 0) is 4.74 Å². The summed E-state index contributed by atoms with van der Waals surface area (Å²) in [5.41, 5.74) is 0.803. The number of methoxy groups -OCH3 is 1. The summed E-state index contributed by atoms with van der Waals surface area (Å²) in [7, 11) is 1.75. The molecule has 156 valence electrons. The number of fused-ring (bicyclic) bond motifs is 1. The SMILES string of the molecule is COCC[C@H]1CN(C(=O)c2cccc3ccccc23)CCN1C[C@@H]1C[C@@H](S)CN1. The molecule has 3 atom stereocenters. The van der Waals surface area contributed by atoms with Gasteiger partial charge in [-0.1, -0.05) is 36.4 Å². The number of carbonyl (C=O) groups excluding carboxylic acids is 1. The van der Waals surface area contributed by atoms with Crippen LogP contribution in [-0.4, -0.2) is 79.5 Å². The van der Waals surface area contributed by atoms with Crippen molar-refractivity contribution in [2.45, 2.75) is 30.2 Å². The fourth-order valence-corrected chi connectivity index (χ4v) is 5.01. The van der Waals surface area contributed by atoms with Crippen LogP contribution >= 0.6 is 12.6 Å². The maximum atomic E-state index is 13.4. The van der Waals surface area contributed by atoms with Crippen LogP contribution in [0.25, 0.3) is 10.8 Å². The third kappa shape index (κ3) is 4.77. The Morgan fingerprint density at radius 1 is 1.21 bits per heavy atom. The maximum Gasteiger partial charge on any atom is 0.254 e. The second-order valence-corrected chi connectivity index (χ2v) is 8.93. The summed E-state index contributed by atoms with van der Waals surface area (Å²) in [6, 6.07) is 14.9. The second-order valence-electron chi connectivity index (χ2n) is 8.20. The van der Waals surface area contributed by atoms with Crippen LogP contribution < -0.4 is 5.32 Å². The van der Waals surface area contributed by atoms with E-state index in [1.165, 1.54) is 0 Å². The zero-order chi connectivity index (χ0) is 20.2. The van der Waals surface area contributed by atoms with Crippen molar-refractivity contribution in [3.8, 4) is 0 Å². The minimum atomic E-state index is 0.137. The zero-order valence-electron chi connectivity index (χ0n) is 17.1. The lowest BCUT2D eigenvalue weighted by molar-refractivity contribution is 0.0370. The quantitative estimate of drug-likeness (QED) is 0.715. The first-order valence-corrected chi connectivity index (χ1v) is 11.1. The Balaban J connectivity index is 1.48. The van der Waals surface area contributed by atoms with Gasteiger partial charge in [0.25, 0.3) is 5.91 Å². The standard InChI is InChI=1S/C23H31N3O2S/c1-28-12-9-19-16-26(11-10-25(19)15-18-13-20(29)14-24-18)23(27)22-8-4-6-17-5-2-3-7-21(17)22/h2-8,18-20,24,29H,9-16H2,1H3/t18-,19-,20+/m0/s1. The molecule has 5 nitrogen and oxygen atoms in total. The van der Waals surface area contributed by atoms with Crippen LogP contribution in [0.4, 0.5) is 0 Å². The number of thiol groups is 1. The van der Waals surface area contributed by atoms with Crippen LogP contribution in [0.2, 0.25) is 0 Å². The Morgan fingerprint density at radius 2 is 2.03 bits per heavy atom. The lowest BCUT2D eigenvalue weighted by Crippen LogP contribution is -2.57. The average Bonchev–Trinajstić information content (AvgIpc) is 3.16. The molecule has 2 heterocycles. The summed E-state index contributed by atoms with van der Waals surface area (Å²) >= 11 is 4.61. The molecule has 0 bridgehead atoms. The van der Waals surface area contributed by atoms with Gasteiger partial charge in [0.2, 0.25) is 0 Å². The van der Waals surface area contributed by atoms with E-state index in [1.54, 1.807) is 7.11 Å². The summed E-state index contributed by atoms with van der Waals surface area (Å²) in [4.78, 5) is 17.9.